The van der Waals surface area contributed by atoms with Gasteiger partial charge in [-0.2, -0.15) is 0 Å². The molecule has 0 unspecified atom stereocenters. The molecular formula is C17H16BrNO4. The molecule has 0 radical (unpaired) electrons. The summed E-state index contributed by atoms with van der Waals surface area (Å²) in [6.07, 6.45) is 3.19. The summed E-state index contributed by atoms with van der Waals surface area (Å²) in [7, 11) is 0. The number of amides is 1. The summed E-state index contributed by atoms with van der Waals surface area (Å²) < 4.78 is 6.88. The average molecular weight is 378 g/mol. The lowest BCUT2D eigenvalue weighted by molar-refractivity contribution is -0.148. The number of nitrogens with zero attached hydrogens (tertiary/aromatic N) is 1. The SMILES string of the molecule is C[C@@H](c1ccc(Br)cc1)N1C[C@@]23C=C[C@@H](O2)[C@H](C(=O)O)[C@H]3C1=O. The van der Waals surface area contributed by atoms with Crippen molar-refractivity contribution in [3.05, 3.63) is 46.5 Å². The average Bonchev–Trinajstić information content (AvgIpc) is 3.15. The second kappa shape index (κ2) is 4.92. The molecule has 0 aliphatic carbocycles. The Hall–Kier alpha value is -1.66. The smallest absolute Gasteiger partial charge is 0.310 e. The largest absolute Gasteiger partial charge is 0.481 e. The predicted octanol–water partition coefficient (Wildman–Crippen LogP) is 2.38. The van der Waals surface area contributed by atoms with E-state index in [1.54, 1.807) is 11.0 Å². The fourth-order valence-corrected chi connectivity index (χ4v) is 4.32. The normalized spacial score (nSPS) is 35.7. The number of halogens is 1. The van der Waals surface area contributed by atoms with Crippen LogP contribution in [0.25, 0.3) is 0 Å². The fourth-order valence-electron chi connectivity index (χ4n) is 4.06. The van der Waals surface area contributed by atoms with Crippen LogP contribution in [0.4, 0.5) is 0 Å². The number of hydrogen-bond acceptors (Lipinski definition) is 3. The Kier molecular flexibility index (Phi) is 3.19. The molecule has 4 rings (SSSR count). The number of rotatable bonds is 3. The number of fused-ring (bicyclic) bond motifs is 1. The number of hydrogen-bond donors (Lipinski definition) is 1. The first-order valence-corrected chi connectivity index (χ1v) is 8.38. The number of carbonyl (C=O) groups excluding carboxylic acids is 1. The summed E-state index contributed by atoms with van der Waals surface area (Å²) in [5.74, 6) is -2.49. The minimum absolute atomic E-state index is 0.124. The van der Waals surface area contributed by atoms with Crippen LogP contribution >= 0.6 is 15.9 Å². The van der Waals surface area contributed by atoms with Crippen molar-refractivity contribution in [2.24, 2.45) is 11.8 Å². The zero-order chi connectivity index (χ0) is 16.4. The molecule has 6 heteroatoms. The van der Waals surface area contributed by atoms with Gasteiger partial charge in [0.2, 0.25) is 5.91 Å². The van der Waals surface area contributed by atoms with Gasteiger partial charge in [0.25, 0.3) is 0 Å². The van der Waals surface area contributed by atoms with Crippen LogP contribution in [0.1, 0.15) is 18.5 Å². The zero-order valence-corrected chi connectivity index (χ0v) is 14.1. The summed E-state index contributed by atoms with van der Waals surface area (Å²) in [6, 6.07) is 7.69. The Balaban J connectivity index is 1.66. The molecule has 5 atom stereocenters. The highest BCUT2D eigenvalue weighted by Crippen LogP contribution is 2.53. The summed E-state index contributed by atoms with van der Waals surface area (Å²) in [5.41, 5.74) is 0.248. The van der Waals surface area contributed by atoms with Crippen molar-refractivity contribution in [2.45, 2.75) is 24.7 Å². The number of ether oxygens (including phenoxy) is 1. The molecular weight excluding hydrogens is 362 g/mol. The van der Waals surface area contributed by atoms with E-state index in [9.17, 15) is 14.7 Å². The number of aliphatic carboxylic acids is 1. The maximum Gasteiger partial charge on any atom is 0.310 e. The van der Waals surface area contributed by atoms with E-state index in [2.05, 4.69) is 15.9 Å². The van der Waals surface area contributed by atoms with Crippen molar-refractivity contribution in [1.82, 2.24) is 4.90 Å². The lowest BCUT2D eigenvalue weighted by Gasteiger charge is -2.27. The Morgan fingerprint density at radius 1 is 1.43 bits per heavy atom. The van der Waals surface area contributed by atoms with Gasteiger partial charge in [0.15, 0.2) is 0 Å². The molecule has 2 fully saturated rings. The maximum absolute atomic E-state index is 12.9. The van der Waals surface area contributed by atoms with Crippen LogP contribution in [0.3, 0.4) is 0 Å². The molecule has 1 aromatic carbocycles. The standard InChI is InChI=1S/C17H16BrNO4/c1-9(10-2-4-11(18)5-3-10)19-8-17-7-6-12(23-17)13(16(21)22)14(17)15(19)20/h2-7,9,12-14H,8H2,1H3,(H,21,22)/t9-,12+,13-,14-,17+/m0/s1. The van der Waals surface area contributed by atoms with Gasteiger partial charge in [0.05, 0.1) is 24.6 Å². The Labute approximate surface area is 142 Å². The van der Waals surface area contributed by atoms with Crippen molar-refractivity contribution < 1.29 is 19.4 Å². The van der Waals surface area contributed by atoms with Gasteiger partial charge in [-0.05, 0) is 24.6 Å². The molecule has 1 N–H and O–H groups in total. The van der Waals surface area contributed by atoms with E-state index < -0.39 is 29.5 Å². The van der Waals surface area contributed by atoms with E-state index in [1.807, 2.05) is 37.3 Å². The van der Waals surface area contributed by atoms with E-state index in [0.29, 0.717) is 6.54 Å². The molecule has 2 saturated heterocycles. The monoisotopic (exact) mass is 377 g/mol. The first-order chi connectivity index (χ1) is 10.9. The highest BCUT2D eigenvalue weighted by atomic mass is 79.9. The number of likely N-dealkylation sites (tertiary alicyclic amines) is 1. The maximum atomic E-state index is 12.9. The van der Waals surface area contributed by atoms with Gasteiger partial charge in [0, 0.05) is 4.47 Å². The van der Waals surface area contributed by atoms with Crippen molar-refractivity contribution in [1.29, 1.82) is 0 Å². The Bertz CT molecular complexity index is 716. The predicted molar refractivity (Wildman–Crippen MR) is 85.6 cm³/mol. The van der Waals surface area contributed by atoms with E-state index in [1.165, 1.54) is 0 Å². The van der Waals surface area contributed by atoms with Gasteiger partial charge in [-0.15, -0.1) is 0 Å². The van der Waals surface area contributed by atoms with E-state index in [0.717, 1.165) is 10.0 Å². The molecule has 0 aromatic heterocycles. The molecule has 0 saturated carbocycles. The van der Waals surface area contributed by atoms with Crippen LogP contribution in [0.5, 0.6) is 0 Å². The highest BCUT2D eigenvalue weighted by molar-refractivity contribution is 9.10. The van der Waals surface area contributed by atoms with Crippen LogP contribution in [-0.2, 0) is 14.3 Å². The molecule has 2 bridgehead atoms. The van der Waals surface area contributed by atoms with Crippen LogP contribution in [0.15, 0.2) is 40.9 Å². The van der Waals surface area contributed by atoms with Crippen molar-refractivity contribution in [3.8, 4) is 0 Å². The Morgan fingerprint density at radius 3 is 2.78 bits per heavy atom. The summed E-state index contributed by atoms with van der Waals surface area (Å²) in [6.45, 7) is 2.37. The van der Waals surface area contributed by atoms with Gasteiger partial charge in [-0.1, -0.05) is 40.2 Å². The first-order valence-electron chi connectivity index (χ1n) is 7.59. The minimum Gasteiger partial charge on any atom is -0.481 e. The number of carboxylic acids is 1. The first kappa shape index (κ1) is 14.9. The van der Waals surface area contributed by atoms with E-state index >= 15 is 0 Å². The van der Waals surface area contributed by atoms with Gasteiger partial charge in [0.1, 0.15) is 11.5 Å². The third-order valence-corrected chi connectivity index (χ3v) is 5.76. The van der Waals surface area contributed by atoms with Gasteiger partial charge < -0.3 is 14.7 Å². The molecule has 3 aliphatic rings. The number of carbonyl (C=O) groups is 2. The molecule has 1 amide bonds. The fraction of sp³-hybridized carbons (Fsp3) is 0.412. The quantitative estimate of drug-likeness (QED) is 0.821. The van der Waals surface area contributed by atoms with Crippen LogP contribution in [-0.4, -0.2) is 40.1 Å². The highest BCUT2D eigenvalue weighted by Gasteiger charge is 2.67. The van der Waals surface area contributed by atoms with E-state index in [-0.39, 0.29) is 11.9 Å². The number of carboxylic acid groups (broad SMARTS) is 1. The second-order valence-electron chi connectivity index (χ2n) is 6.43. The molecule has 5 nitrogen and oxygen atoms in total. The zero-order valence-electron chi connectivity index (χ0n) is 12.5. The third kappa shape index (κ3) is 2.01. The van der Waals surface area contributed by atoms with Gasteiger partial charge >= 0.3 is 5.97 Å². The van der Waals surface area contributed by atoms with Crippen LogP contribution in [0.2, 0.25) is 0 Å². The lowest BCUT2D eigenvalue weighted by Crippen LogP contribution is -2.39. The van der Waals surface area contributed by atoms with Crippen LogP contribution in [0, 0.1) is 11.8 Å². The summed E-state index contributed by atoms with van der Waals surface area (Å²) in [4.78, 5) is 26.2. The van der Waals surface area contributed by atoms with Crippen molar-refractivity contribution >= 4 is 27.8 Å². The van der Waals surface area contributed by atoms with E-state index in [4.69, 9.17) is 4.74 Å². The molecule has 120 valence electrons. The Morgan fingerprint density at radius 2 is 2.13 bits per heavy atom. The topological polar surface area (TPSA) is 66.8 Å². The number of benzene rings is 1. The molecule has 1 aromatic rings. The van der Waals surface area contributed by atoms with Gasteiger partial charge in [-0.25, -0.2) is 0 Å². The second-order valence-corrected chi connectivity index (χ2v) is 7.35. The molecule has 3 heterocycles. The lowest BCUT2D eigenvalue weighted by atomic mass is 9.77. The van der Waals surface area contributed by atoms with Gasteiger partial charge in [-0.3, -0.25) is 9.59 Å². The molecule has 3 aliphatic heterocycles. The van der Waals surface area contributed by atoms with Crippen molar-refractivity contribution in [2.75, 3.05) is 6.54 Å². The third-order valence-electron chi connectivity index (χ3n) is 5.23. The van der Waals surface area contributed by atoms with Crippen molar-refractivity contribution in [3.63, 3.8) is 0 Å². The minimum atomic E-state index is -0.960. The van der Waals surface area contributed by atoms with Crippen LogP contribution < -0.4 is 0 Å². The summed E-state index contributed by atoms with van der Waals surface area (Å²) in [5, 5.41) is 9.48. The molecule has 23 heavy (non-hydrogen) atoms. The molecule has 1 spiro atoms. The summed E-state index contributed by atoms with van der Waals surface area (Å²) >= 11 is 3.40.